The Kier molecular flexibility index (Phi) is 33.2. The number of methoxy groups -OCH3 is 2. The van der Waals surface area contributed by atoms with E-state index in [1.165, 1.54) is 39.5 Å². The Morgan fingerprint density at radius 2 is 0.733 bits per heavy atom. The SMILES string of the molecule is COC(=O)CC[C@H](NC(C)=O)C(=O)N[C@@H](CCC(=O)OC)C(=O)N[C@@H](CCSC)C(=O)N[C@@H](CCC(N)=O)C(=O)N[C@@H](CCCN=C(NC(C)=O)NC(C)=O)C(=O)N[C@@H](CCCN=C(NC(C)=O)NC(C)=O)C(N)=O. The standard InChI is InChI=1S/C44H72N14O16S/c1-23(59)49-30(14-17-35(65)73-6)39(69)57-32(15-18-36(66)74-7)41(71)58-33(19-22-75-8)42(72)56-31(13-16-34(45)64)40(70)55-29(12-10-21-48-44(52-26(4)62)53-27(5)63)38(68)54-28(37(46)67)11-9-20-47-43(50-24(2)60)51-25(3)61/h28-33H,9-22H2,1-8H3,(H2,45,64)(H2,46,67)(H,49,59)(H,54,68)(H,55,70)(H,56,72)(H,57,69)(H,58,71)(H2,47,50,51,60,61)(H2,48,52,53,62,63)/t28-,29-,30-,31-,32-,33-/m0/s1. The lowest BCUT2D eigenvalue weighted by atomic mass is 10.0. The molecule has 0 spiro atoms. The van der Waals surface area contributed by atoms with Gasteiger partial charge in [0.25, 0.3) is 0 Å². The van der Waals surface area contributed by atoms with Crippen LogP contribution in [0.1, 0.15) is 105 Å². The number of amides is 12. The number of hydrogen-bond acceptors (Lipinski definition) is 19. The van der Waals surface area contributed by atoms with Gasteiger partial charge in [0, 0.05) is 67.0 Å². The van der Waals surface area contributed by atoms with Crippen molar-refractivity contribution in [2.75, 3.05) is 39.3 Å². The molecule has 0 aromatic heterocycles. The van der Waals surface area contributed by atoms with Crippen LogP contribution >= 0.6 is 11.8 Å². The zero-order valence-corrected chi connectivity index (χ0v) is 44.2. The van der Waals surface area contributed by atoms with Gasteiger partial charge in [-0.3, -0.25) is 98.4 Å². The molecule has 0 rings (SSSR count). The molecule has 0 heterocycles. The van der Waals surface area contributed by atoms with E-state index < -0.39 is 138 Å². The number of primary amides is 2. The van der Waals surface area contributed by atoms with E-state index in [0.29, 0.717) is 0 Å². The molecule has 0 aliphatic carbocycles. The first-order chi connectivity index (χ1) is 35.2. The van der Waals surface area contributed by atoms with E-state index in [1.807, 2.05) is 0 Å². The first kappa shape index (κ1) is 67.3. The zero-order chi connectivity index (χ0) is 57.2. The number of nitrogens with one attached hydrogen (secondary N) is 10. The van der Waals surface area contributed by atoms with Crippen molar-refractivity contribution >= 4 is 107 Å². The molecule has 6 atom stereocenters. The molecule has 12 amide bonds. The number of nitrogens with two attached hydrogens (primary N) is 2. The average molecular weight is 1090 g/mol. The van der Waals surface area contributed by atoms with Crippen molar-refractivity contribution < 1.29 is 76.6 Å². The lowest BCUT2D eigenvalue weighted by Crippen LogP contribution is -2.59. The summed E-state index contributed by atoms with van der Waals surface area (Å²) in [5.74, 6) is -11.2. The largest absolute Gasteiger partial charge is 0.469 e. The van der Waals surface area contributed by atoms with Crippen molar-refractivity contribution in [3.63, 3.8) is 0 Å². The van der Waals surface area contributed by atoms with E-state index in [-0.39, 0.29) is 82.1 Å². The highest BCUT2D eigenvalue weighted by Gasteiger charge is 2.34. The molecular formula is C44H72N14O16S. The monoisotopic (exact) mass is 1080 g/mol. The number of aliphatic imine (C=N–C) groups is 2. The van der Waals surface area contributed by atoms with Gasteiger partial charge in [0.1, 0.15) is 36.3 Å². The van der Waals surface area contributed by atoms with Gasteiger partial charge >= 0.3 is 11.9 Å². The van der Waals surface area contributed by atoms with E-state index in [2.05, 4.69) is 72.6 Å². The first-order valence-corrected chi connectivity index (χ1v) is 24.8. The summed E-state index contributed by atoms with van der Waals surface area (Å²) in [5, 5.41) is 24.1. The normalized spacial score (nSPS) is 12.8. The van der Waals surface area contributed by atoms with Crippen molar-refractivity contribution in [1.29, 1.82) is 0 Å². The fourth-order valence-electron chi connectivity index (χ4n) is 6.35. The van der Waals surface area contributed by atoms with Crippen molar-refractivity contribution in [3.8, 4) is 0 Å². The minimum absolute atomic E-state index is 0.0301. The first-order valence-electron chi connectivity index (χ1n) is 23.4. The zero-order valence-electron chi connectivity index (χ0n) is 43.4. The van der Waals surface area contributed by atoms with Crippen LogP contribution in [0.2, 0.25) is 0 Å². The van der Waals surface area contributed by atoms with Crippen LogP contribution in [-0.4, -0.2) is 170 Å². The van der Waals surface area contributed by atoms with Gasteiger partial charge in [-0.05, 0) is 63.4 Å². The van der Waals surface area contributed by atoms with Gasteiger partial charge in [-0.25, -0.2) is 0 Å². The summed E-state index contributed by atoms with van der Waals surface area (Å²) in [6.45, 7) is 5.60. The molecule has 0 fully saturated rings. The van der Waals surface area contributed by atoms with Gasteiger partial charge in [-0.1, -0.05) is 0 Å². The Morgan fingerprint density at radius 1 is 0.427 bits per heavy atom. The molecule has 0 aliphatic rings. The van der Waals surface area contributed by atoms with E-state index in [1.54, 1.807) is 6.26 Å². The molecule has 0 aliphatic heterocycles. The number of carbonyl (C=O) groups is 14. The molecule has 0 radical (unpaired) electrons. The summed E-state index contributed by atoms with van der Waals surface area (Å²) in [6.07, 6.45) is -0.944. The van der Waals surface area contributed by atoms with Crippen LogP contribution < -0.4 is 64.6 Å². The Labute approximate surface area is 437 Å². The van der Waals surface area contributed by atoms with Crippen LogP contribution in [0.15, 0.2) is 9.98 Å². The molecule has 30 nitrogen and oxygen atoms in total. The molecule has 0 saturated heterocycles. The van der Waals surface area contributed by atoms with Crippen molar-refractivity contribution in [2.45, 2.75) is 141 Å². The highest BCUT2D eigenvalue weighted by Crippen LogP contribution is 2.10. The maximum Gasteiger partial charge on any atom is 0.305 e. The predicted octanol–water partition coefficient (Wildman–Crippen LogP) is -4.86. The molecule has 0 aromatic carbocycles. The molecule has 75 heavy (non-hydrogen) atoms. The number of rotatable bonds is 32. The van der Waals surface area contributed by atoms with Crippen LogP contribution in [0.3, 0.4) is 0 Å². The number of guanidine groups is 2. The highest BCUT2D eigenvalue weighted by molar-refractivity contribution is 7.98. The quantitative estimate of drug-likeness (QED) is 0.0130. The summed E-state index contributed by atoms with van der Waals surface area (Å²) in [4.78, 5) is 185. The predicted molar refractivity (Wildman–Crippen MR) is 269 cm³/mol. The third-order valence-corrected chi connectivity index (χ3v) is 10.6. The number of nitrogens with zero attached hydrogens (tertiary/aromatic N) is 2. The Bertz CT molecular complexity index is 2090. The van der Waals surface area contributed by atoms with Crippen LogP contribution in [0.4, 0.5) is 0 Å². The number of ether oxygens (including phenoxy) is 2. The fraction of sp³-hybridized carbons (Fsp3) is 0.636. The van der Waals surface area contributed by atoms with E-state index in [0.717, 1.165) is 21.1 Å². The molecule has 0 saturated carbocycles. The Morgan fingerprint density at radius 3 is 1.04 bits per heavy atom. The topological polar surface area (TPSA) is 454 Å². The fourth-order valence-corrected chi connectivity index (χ4v) is 6.82. The lowest BCUT2D eigenvalue weighted by Gasteiger charge is -2.27. The van der Waals surface area contributed by atoms with Gasteiger partial charge < -0.3 is 52.8 Å². The van der Waals surface area contributed by atoms with E-state index in [4.69, 9.17) is 11.5 Å². The summed E-state index contributed by atoms with van der Waals surface area (Å²) in [7, 11) is 2.22. The number of thioether (sulfide) groups is 1. The highest BCUT2D eigenvalue weighted by atomic mass is 32.2. The van der Waals surface area contributed by atoms with Gasteiger partial charge in [-0.2, -0.15) is 11.8 Å². The second-order valence-corrected chi connectivity index (χ2v) is 17.4. The third kappa shape index (κ3) is 31.5. The average Bonchev–Trinajstić information content (AvgIpc) is 3.31. The molecule has 0 unspecified atom stereocenters. The summed E-state index contributed by atoms with van der Waals surface area (Å²) in [6, 6.07) is -8.87. The van der Waals surface area contributed by atoms with Gasteiger partial charge in [-0.15, -0.1) is 0 Å². The van der Waals surface area contributed by atoms with Crippen molar-refractivity contribution in [2.24, 2.45) is 21.5 Å². The Balaban J connectivity index is 6.95. The number of hydrogen-bond donors (Lipinski definition) is 12. The van der Waals surface area contributed by atoms with Gasteiger partial charge in [0.15, 0.2) is 0 Å². The van der Waals surface area contributed by atoms with Crippen LogP contribution in [0.25, 0.3) is 0 Å². The van der Waals surface area contributed by atoms with Crippen molar-refractivity contribution in [3.05, 3.63) is 0 Å². The molecule has 0 bridgehead atoms. The second kappa shape index (κ2) is 37.1. The maximum atomic E-state index is 14.2. The number of carbonyl (C=O) groups excluding carboxylic acids is 14. The molecule has 0 aromatic rings. The molecule has 31 heteroatoms. The minimum Gasteiger partial charge on any atom is -0.469 e. The maximum absolute atomic E-state index is 14.2. The van der Waals surface area contributed by atoms with E-state index in [9.17, 15) is 67.1 Å². The van der Waals surface area contributed by atoms with Crippen molar-refractivity contribution in [1.82, 2.24) is 53.2 Å². The molecule has 14 N–H and O–H groups in total. The summed E-state index contributed by atoms with van der Waals surface area (Å²) >= 11 is 1.27. The summed E-state index contributed by atoms with van der Waals surface area (Å²) in [5.41, 5.74) is 11.0. The van der Waals surface area contributed by atoms with Gasteiger partial charge in [0.05, 0.1) is 14.2 Å². The smallest absolute Gasteiger partial charge is 0.305 e. The van der Waals surface area contributed by atoms with Crippen LogP contribution in [-0.2, 0) is 76.6 Å². The van der Waals surface area contributed by atoms with Crippen LogP contribution in [0.5, 0.6) is 0 Å². The second-order valence-electron chi connectivity index (χ2n) is 16.4. The Hall–Kier alpha value is -7.73. The lowest BCUT2D eigenvalue weighted by molar-refractivity contribution is -0.142. The minimum atomic E-state index is -1.63. The molecule has 420 valence electrons. The van der Waals surface area contributed by atoms with Gasteiger partial charge in [0.2, 0.25) is 82.8 Å². The van der Waals surface area contributed by atoms with E-state index >= 15 is 0 Å². The molecular weight excluding hydrogens is 1010 g/mol. The third-order valence-electron chi connectivity index (χ3n) is 9.92. The number of esters is 2. The summed E-state index contributed by atoms with van der Waals surface area (Å²) < 4.78 is 9.30. The van der Waals surface area contributed by atoms with Crippen LogP contribution in [0, 0.1) is 0 Å².